The fourth-order valence-electron chi connectivity index (χ4n) is 5.84. The first-order chi connectivity index (χ1) is 17.8. The van der Waals surface area contributed by atoms with Crippen LogP contribution < -0.4 is 11.1 Å². The van der Waals surface area contributed by atoms with E-state index in [0.717, 1.165) is 73.9 Å². The molecule has 1 aromatic heterocycles. The Morgan fingerprint density at radius 3 is 2.50 bits per heavy atom. The highest BCUT2D eigenvalue weighted by molar-refractivity contribution is 6.32. The summed E-state index contributed by atoms with van der Waals surface area (Å²) in [4.78, 5) is 19.6. The molecule has 5 rings (SSSR count). The molecular weight excluding hydrogens is 597 g/mol. The number of piperidine rings is 1. The lowest BCUT2D eigenvalue weighted by Gasteiger charge is -2.36. The van der Waals surface area contributed by atoms with Crippen LogP contribution in [0.4, 0.5) is 10.1 Å². The highest BCUT2D eigenvalue weighted by Gasteiger charge is 2.26. The highest BCUT2D eigenvalue weighted by Crippen LogP contribution is 2.37. The van der Waals surface area contributed by atoms with Gasteiger partial charge < -0.3 is 21.1 Å². The Hall–Kier alpha value is -1.87. The van der Waals surface area contributed by atoms with Gasteiger partial charge in [-0.1, -0.05) is 17.7 Å². The molecule has 40 heavy (non-hydrogen) atoms. The molecule has 1 unspecified atom stereocenters. The van der Waals surface area contributed by atoms with Crippen molar-refractivity contribution in [2.45, 2.75) is 57.5 Å². The number of aromatic nitrogens is 1. The molecule has 0 amide bonds. The van der Waals surface area contributed by atoms with Gasteiger partial charge in [0.15, 0.2) is 17.3 Å². The van der Waals surface area contributed by atoms with E-state index in [9.17, 15) is 14.3 Å². The number of phenols is 1. The maximum Gasteiger partial charge on any atom is 0.170 e. The van der Waals surface area contributed by atoms with Crippen molar-refractivity contribution in [3.8, 4) is 16.9 Å². The number of Topliss-reactive ketones (excluding diaryl/α,β-unsaturated/α-hetero) is 1. The largest absolute Gasteiger partial charge is 0.504 e. The van der Waals surface area contributed by atoms with Crippen LogP contribution in [0.1, 0.15) is 55.8 Å². The molecule has 11 heteroatoms. The number of phenolic OH excluding ortho intramolecular Hbond substituents is 1. The van der Waals surface area contributed by atoms with Crippen LogP contribution in [-0.4, -0.2) is 52.5 Å². The molecule has 1 atom stereocenters. The summed E-state index contributed by atoms with van der Waals surface area (Å²) < 4.78 is 14.2. The number of pyridine rings is 1. The van der Waals surface area contributed by atoms with Crippen LogP contribution in [0.25, 0.3) is 22.0 Å². The SMILES string of the molecule is CC(=O)c1cnc2ccc(-c3cc(F)c(O)c(Cl)c3)cc2c1NC1CCC(CN2CCCC(N)C2)CC1.Cl.Cl.Cl. The van der Waals surface area contributed by atoms with Crippen molar-refractivity contribution in [3.63, 3.8) is 0 Å². The number of carbonyl (C=O) groups is 1. The van der Waals surface area contributed by atoms with E-state index < -0.39 is 11.6 Å². The second-order valence-electron chi connectivity index (χ2n) is 10.6. The van der Waals surface area contributed by atoms with Crippen LogP contribution in [0, 0.1) is 11.7 Å². The summed E-state index contributed by atoms with van der Waals surface area (Å²) in [5.41, 5.74) is 9.50. The summed E-state index contributed by atoms with van der Waals surface area (Å²) in [6.07, 6.45) is 8.29. The number of anilines is 1. The fourth-order valence-corrected chi connectivity index (χ4v) is 6.05. The minimum absolute atomic E-state index is 0. The summed E-state index contributed by atoms with van der Waals surface area (Å²) in [5, 5.41) is 14.2. The number of nitrogens with one attached hydrogen (secondary N) is 1. The Morgan fingerprint density at radius 2 is 1.85 bits per heavy atom. The summed E-state index contributed by atoms with van der Waals surface area (Å²) in [6.45, 7) is 4.82. The van der Waals surface area contributed by atoms with E-state index in [0.29, 0.717) is 23.1 Å². The first-order valence-electron chi connectivity index (χ1n) is 13.1. The number of carbonyl (C=O) groups excluding carboxylic acids is 1. The predicted molar refractivity (Wildman–Crippen MR) is 169 cm³/mol. The fraction of sp³-hybridized carbons (Fsp3) is 0.448. The number of halogens is 5. The summed E-state index contributed by atoms with van der Waals surface area (Å²) in [6, 6.07) is 8.96. The van der Waals surface area contributed by atoms with Crippen molar-refractivity contribution in [1.82, 2.24) is 9.88 Å². The van der Waals surface area contributed by atoms with Gasteiger partial charge in [0.2, 0.25) is 0 Å². The third-order valence-electron chi connectivity index (χ3n) is 7.85. The molecule has 0 spiro atoms. The number of fused-ring (bicyclic) bond motifs is 1. The van der Waals surface area contributed by atoms with Crippen molar-refractivity contribution < 1.29 is 14.3 Å². The Labute approximate surface area is 258 Å². The van der Waals surface area contributed by atoms with Crippen LogP contribution in [0.3, 0.4) is 0 Å². The lowest BCUT2D eigenvalue weighted by atomic mass is 9.85. The maximum atomic E-state index is 14.2. The molecule has 1 saturated carbocycles. The standard InChI is InChI=1S/C29H34ClFN4O2.3ClH/c1-17(36)24-14-33-27-9-6-19(20-12-25(30)29(37)26(31)13-20)11-23(27)28(24)34-22-7-4-18(5-8-22)15-35-10-2-3-21(32)16-35;;;/h6,9,11-14,18,21-22,37H,2-5,7-8,10,15-16,32H2,1H3,(H,33,34);3*1H. The number of hydrogen-bond donors (Lipinski definition) is 3. The summed E-state index contributed by atoms with van der Waals surface area (Å²) in [7, 11) is 0. The lowest BCUT2D eigenvalue weighted by Crippen LogP contribution is -2.45. The number of aromatic hydroxyl groups is 1. The molecule has 1 aliphatic carbocycles. The van der Waals surface area contributed by atoms with Crippen molar-refractivity contribution in [3.05, 3.63) is 52.9 Å². The smallest absolute Gasteiger partial charge is 0.170 e. The van der Waals surface area contributed by atoms with Crippen LogP contribution in [0.2, 0.25) is 5.02 Å². The number of likely N-dealkylation sites (tertiary alicyclic amines) is 1. The van der Waals surface area contributed by atoms with Gasteiger partial charge >= 0.3 is 0 Å². The molecule has 4 N–H and O–H groups in total. The molecule has 2 aromatic carbocycles. The third kappa shape index (κ3) is 7.69. The van der Waals surface area contributed by atoms with Gasteiger partial charge in [0.25, 0.3) is 0 Å². The van der Waals surface area contributed by atoms with E-state index >= 15 is 0 Å². The lowest BCUT2D eigenvalue weighted by molar-refractivity contribution is 0.101. The van der Waals surface area contributed by atoms with Gasteiger partial charge in [-0.25, -0.2) is 4.39 Å². The number of benzene rings is 2. The third-order valence-corrected chi connectivity index (χ3v) is 8.14. The Bertz CT molecular complexity index is 1300. The zero-order valence-corrected chi connectivity index (χ0v) is 25.6. The number of nitrogens with zero attached hydrogens (tertiary/aromatic N) is 2. The zero-order chi connectivity index (χ0) is 26.1. The average Bonchev–Trinajstić information content (AvgIpc) is 2.88. The first kappa shape index (κ1) is 34.3. The predicted octanol–water partition coefficient (Wildman–Crippen LogP) is 7.26. The molecule has 1 saturated heterocycles. The van der Waals surface area contributed by atoms with Crippen LogP contribution in [-0.2, 0) is 0 Å². The Morgan fingerprint density at radius 1 is 1.12 bits per heavy atom. The number of rotatable bonds is 6. The Kier molecular flexibility index (Phi) is 12.7. The van der Waals surface area contributed by atoms with Crippen molar-refractivity contribution in [2.24, 2.45) is 11.7 Å². The molecule has 1 aliphatic heterocycles. The Balaban J connectivity index is 0.00000187. The van der Waals surface area contributed by atoms with E-state index in [1.165, 1.54) is 18.6 Å². The topological polar surface area (TPSA) is 91.5 Å². The maximum absolute atomic E-state index is 14.2. The van der Waals surface area contributed by atoms with Gasteiger partial charge in [-0.05, 0) is 93.3 Å². The monoisotopic (exact) mass is 632 g/mol. The van der Waals surface area contributed by atoms with Gasteiger partial charge in [0.1, 0.15) is 0 Å². The van der Waals surface area contributed by atoms with Gasteiger partial charge in [-0.15, -0.1) is 37.2 Å². The number of nitrogens with two attached hydrogens (primary N) is 1. The molecule has 0 bridgehead atoms. The molecule has 2 heterocycles. The van der Waals surface area contributed by atoms with Crippen LogP contribution in [0.5, 0.6) is 5.75 Å². The molecule has 3 aromatic rings. The minimum atomic E-state index is -0.778. The van der Waals surface area contributed by atoms with E-state index in [1.54, 1.807) is 13.1 Å². The summed E-state index contributed by atoms with van der Waals surface area (Å²) >= 11 is 6.03. The minimum Gasteiger partial charge on any atom is -0.504 e. The molecule has 0 radical (unpaired) electrons. The normalized spacial score (nSPS) is 21.1. The first-order valence-corrected chi connectivity index (χ1v) is 13.5. The van der Waals surface area contributed by atoms with Crippen LogP contribution in [0.15, 0.2) is 36.5 Å². The highest BCUT2D eigenvalue weighted by atomic mass is 35.5. The zero-order valence-electron chi connectivity index (χ0n) is 22.4. The summed E-state index contributed by atoms with van der Waals surface area (Å²) in [5.74, 6) is -0.727. The molecule has 6 nitrogen and oxygen atoms in total. The number of ketones is 1. The average molecular weight is 634 g/mol. The van der Waals surface area contributed by atoms with Gasteiger partial charge in [0.05, 0.1) is 21.8 Å². The quantitative estimate of drug-likeness (QED) is 0.248. The van der Waals surface area contributed by atoms with E-state index in [2.05, 4.69) is 15.2 Å². The van der Waals surface area contributed by atoms with E-state index in [1.807, 2.05) is 18.2 Å². The molecule has 2 fully saturated rings. The van der Waals surface area contributed by atoms with E-state index in [-0.39, 0.29) is 54.1 Å². The molecule has 2 aliphatic rings. The van der Waals surface area contributed by atoms with E-state index in [4.69, 9.17) is 17.3 Å². The molecular formula is C29H37Cl4FN4O2. The van der Waals surface area contributed by atoms with Crippen molar-refractivity contribution in [2.75, 3.05) is 25.0 Å². The van der Waals surface area contributed by atoms with Crippen molar-refractivity contribution >= 4 is 71.2 Å². The molecule has 220 valence electrons. The van der Waals surface area contributed by atoms with Gasteiger partial charge in [0, 0.05) is 36.8 Å². The van der Waals surface area contributed by atoms with Crippen LogP contribution >= 0.6 is 48.8 Å². The second-order valence-corrected chi connectivity index (χ2v) is 11.1. The van der Waals surface area contributed by atoms with Gasteiger partial charge in [-0.3, -0.25) is 9.78 Å². The van der Waals surface area contributed by atoms with Crippen molar-refractivity contribution in [1.29, 1.82) is 0 Å². The number of hydrogen-bond acceptors (Lipinski definition) is 6. The van der Waals surface area contributed by atoms with Gasteiger partial charge in [-0.2, -0.15) is 0 Å². The second kappa shape index (κ2) is 14.9.